The van der Waals surface area contributed by atoms with Crippen molar-refractivity contribution in [1.29, 1.82) is 0 Å². The van der Waals surface area contributed by atoms with E-state index in [4.69, 9.17) is 14.2 Å². The van der Waals surface area contributed by atoms with Crippen LogP contribution in [0.2, 0.25) is 0 Å². The molecule has 0 aliphatic heterocycles. The molecule has 0 saturated carbocycles. The van der Waals surface area contributed by atoms with Crippen LogP contribution in [0.15, 0.2) is 134 Å². The second-order valence-electron chi connectivity index (χ2n) is 20.2. The lowest BCUT2D eigenvalue weighted by Gasteiger charge is -2.18. The van der Waals surface area contributed by atoms with Gasteiger partial charge >= 0.3 is 17.9 Å². The van der Waals surface area contributed by atoms with E-state index in [1.807, 2.05) is 6.08 Å². The summed E-state index contributed by atoms with van der Waals surface area (Å²) in [4.78, 5) is 38.1. The fraction of sp³-hybridized carbons (Fsp3) is 0.643. The normalized spacial score (nSPS) is 13.0. The Kier molecular flexibility index (Phi) is 59.4. The monoisotopic (exact) mass is 1050 g/mol. The molecule has 6 nitrogen and oxygen atoms in total. The molecule has 1 atom stereocenters. The lowest BCUT2D eigenvalue weighted by Crippen LogP contribution is -2.30. The summed E-state index contributed by atoms with van der Waals surface area (Å²) in [6, 6.07) is 0. The van der Waals surface area contributed by atoms with Crippen molar-refractivity contribution in [2.24, 2.45) is 0 Å². The number of hydrogen-bond acceptors (Lipinski definition) is 6. The van der Waals surface area contributed by atoms with Crippen LogP contribution in [0.1, 0.15) is 271 Å². The van der Waals surface area contributed by atoms with Crippen LogP contribution in [0.25, 0.3) is 0 Å². The van der Waals surface area contributed by atoms with E-state index in [9.17, 15) is 14.4 Å². The molecule has 76 heavy (non-hydrogen) atoms. The number of carbonyl (C=O) groups excluding carboxylic acids is 3. The highest BCUT2D eigenvalue weighted by Gasteiger charge is 2.19. The van der Waals surface area contributed by atoms with Crippen LogP contribution in [0.4, 0.5) is 0 Å². The van der Waals surface area contributed by atoms with Gasteiger partial charge in [0.15, 0.2) is 6.10 Å². The summed E-state index contributed by atoms with van der Waals surface area (Å²) in [5.41, 5.74) is 0. The molecule has 0 aliphatic carbocycles. The van der Waals surface area contributed by atoms with Gasteiger partial charge in [0.05, 0.1) is 0 Å². The Hall–Kier alpha value is -4.45. The molecule has 0 aromatic heterocycles. The smallest absolute Gasteiger partial charge is 0.306 e. The summed E-state index contributed by atoms with van der Waals surface area (Å²) in [7, 11) is 0. The summed E-state index contributed by atoms with van der Waals surface area (Å²) in [5.74, 6) is -1.01. The molecule has 0 radical (unpaired) electrons. The Balaban J connectivity index is 4.25. The lowest BCUT2D eigenvalue weighted by atomic mass is 10.0. The zero-order valence-corrected chi connectivity index (χ0v) is 49.2. The fourth-order valence-electron chi connectivity index (χ4n) is 8.26. The van der Waals surface area contributed by atoms with Gasteiger partial charge in [-0.25, -0.2) is 0 Å². The Morgan fingerprint density at radius 2 is 0.539 bits per heavy atom. The van der Waals surface area contributed by atoms with Gasteiger partial charge in [-0.1, -0.05) is 270 Å². The minimum Gasteiger partial charge on any atom is -0.462 e. The van der Waals surface area contributed by atoms with Crippen molar-refractivity contribution in [3.63, 3.8) is 0 Å². The van der Waals surface area contributed by atoms with Crippen molar-refractivity contribution in [2.75, 3.05) is 13.2 Å². The second-order valence-corrected chi connectivity index (χ2v) is 20.2. The molecule has 0 heterocycles. The zero-order valence-electron chi connectivity index (χ0n) is 49.2. The molecular weight excluding hydrogens is 937 g/mol. The van der Waals surface area contributed by atoms with Gasteiger partial charge in [-0.15, -0.1) is 0 Å². The largest absolute Gasteiger partial charge is 0.462 e. The summed E-state index contributed by atoms with van der Waals surface area (Å²) in [5, 5.41) is 0. The van der Waals surface area contributed by atoms with Gasteiger partial charge in [0.1, 0.15) is 13.2 Å². The van der Waals surface area contributed by atoms with Crippen LogP contribution in [0.3, 0.4) is 0 Å². The number of ether oxygens (including phenoxy) is 3. The number of rotatable bonds is 55. The lowest BCUT2D eigenvalue weighted by molar-refractivity contribution is -0.166. The molecule has 6 heteroatoms. The molecule has 0 aromatic carbocycles. The highest BCUT2D eigenvalue weighted by atomic mass is 16.6. The SMILES string of the molecule is CC/C=C\C/C=C\C/C=C\C/C=C\C/C=C\CCCCCCCCCCCCCCCCCC(=O)OCC(COC(=O)CC/C=C\C/C=C\C/C=C\C/C=C\CC)OC(=O)CCCCCCC/C=C\C/C=C\CCCC. The average molecular weight is 1050 g/mol. The Morgan fingerprint density at radius 3 is 0.882 bits per heavy atom. The van der Waals surface area contributed by atoms with E-state index < -0.39 is 6.10 Å². The molecule has 0 amide bonds. The van der Waals surface area contributed by atoms with Crippen LogP contribution in [-0.2, 0) is 28.6 Å². The number of esters is 3. The topological polar surface area (TPSA) is 78.9 Å². The third-order valence-corrected chi connectivity index (χ3v) is 12.9. The van der Waals surface area contributed by atoms with E-state index in [1.54, 1.807) is 0 Å². The molecule has 0 saturated heterocycles. The predicted octanol–water partition coefficient (Wildman–Crippen LogP) is 21.4. The van der Waals surface area contributed by atoms with E-state index >= 15 is 0 Å². The Bertz CT molecular complexity index is 1630. The summed E-state index contributed by atoms with van der Waals surface area (Å²) >= 11 is 0. The van der Waals surface area contributed by atoms with Crippen LogP contribution in [0, 0.1) is 0 Å². The molecule has 0 N–H and O–H groups in total. The van der Waals surface area contributed by atoms with Crippen LogP contribution < -0.4 is 0 Å². The predicted molar refractivity (Wildman–Crippen MR) is 329 cm³/mol. The highest BCUT2D eigenvalue weighted by molar-refractivity contribution is 5.71. The molecule has 1 unspecified atom stereocenters. The third-order valence-electron chi connectivity index (χ3n) is 12.9. The van der Waals surface area contributed by atoms with Crippen molar-refractivity contribution in [3.05, 3.63) is 134 Å². The summed E-state index contributed by atoms with van der Waals surface area (Å²) < 4.78 is 16.8. The van der Waals surface area contributed by atoms with Crippen molar-refractivity contribution in [3.8, 4) is 0 Å². The molecule has 0 bridgehead atoms. The van der Waals surface area contributed by atoms with Crippen LogP contribution in [0.5, 0.6) is 0 Å². The van der Waals surface area contributed by atoms with E-state index in [-0.39, 0.29) is 37.5 Å². The van der Waals surface area contributed by atoms with Crippen molar-refractivity contribution in [1.82, 2.24) is 0 Å². The number of carbonyl (C=O) groups is 3. The van der Waals surface area contributed by atoms with Gasteiger partial charge in [-0.05, 0) is 116 Å². The van der Waals surface area contributed by atoms with Gasteiger partial charge in [0, 0.05) is 19.3 Å². The first-order valence-corrected chi connectivity index (χ1v) is 31.2. The van der Waals surface area contributed by atoms with E-state index in [0.29, 0.717) is 19.3 Å². The molecule has 0 rings (SSSR count). The second kappa shape index (κ2) is 63.1. The van der Waals surface area contributed by atoms with Gasteiger partial charge in [-0.3, -0.25) is 14.4 Å². The van der Waals surface area contributed by atoms with Crippen molar-refractivity contribution in [2.45, 2.75) is 277 Å². The van der Waals surface area contributed by atoms with Gasteiger partial charge in [0.2, 0.25) is 0 Å². The maximum atomic E-state index is 12.8. The Labute approximate surface area is 468 Å². The minimum atomic E-state index is -0.817. The van der Waals surface area contributed by atoms with Crippen molar-refractivity contribution >= 4 is 17.9 Å². The number of unbranched alkanes of at least 4 members (excludes halogenated alkanes) is 22. The van der Waals surface area contributed by atoms with E-state index in [1.165, 1.54) is 103 Å². The summed E-state index contributed by atoms with van der Waals surface area (Å²) in [6.07, 6.45) is 89.1. The first kappa shape index (κ1) is 71.5. The molecule has 0 aromatic rings. The highest BCUT2D eigenvalue weighted by Crippen LogP contribution is 2.16. The minimum absolute atomic E-state index is 0.108. The molecule has 0 spiro atoms. The van der Waals surface area contributed by atoms with Gasteiger partial charge in [-0.2, -0.15) is 0 Å². The fourth-order valence-corrected chi connectivity index (χ4v) is 8.26. The first-order valence-electron chi connectivity index (χ1n) is 31.2. The van der Waals surface area contributed by atoms with E-state index in [0.717, 1.165) is 122 Å². The van der Waals surface area contributed by atoms with Gasteiger partial charge < -0.3 is 14.2 Å². The summed E-state index contributed by atoms with van der Waals surface area (Å²) in [6.45, 7) is 6.29. The average Bonchev–Trinajstić information content (AvgIpc) is 3.42. The Morgan fingerprint density at radius 1 is 0.276 bits per heavy atom. The first-order chi connectivity index (χ1) is 37.5. The van der Waals surface area contributed by atoms with E-state index in [2.05, 4.69) is 148 Å². The molecule has 0 fully saturated rings. The molecular formula is C70H114O6. The zero-order chi connectivity index (χ0) is 55.0. The maximum absolute atomic E-state index is 12.8. The quantitative estimate of drug-likeness (QED) is 0.0261. The van der Waals surface area contributed by atoms with Crippen LogP contribution in [-0.4, -0.2) is 37.2 Å². The molecule has 430 valence electrons. The third kappa shape index (κ3) is 60.4. The van der Waals surface area contributed by atoms with Crippen LogP contribution >= 0.6 is 0 Å². The van der Waals surface area contributed by atoms with Gasteiger partial charge in [0.25, 0.3) is 0 Å². The molecule has 0 aliphatic rings. The number of hydrogen-bond donors (Lipinski definition) is 0. The maximum Gasteiger partial charge on any atom is 0.306 e. The number of allylic oxidation sites excluding steroid dienone is 22. The van der Waals surface area contributed by atoms with Crippen molar-refractivity contribution < 1.29 is 28.6 Å². The standard InChI is InChI=1S/C70H114O6/c1-4-7-10-13-16-19-22-25-27-28-29-30-31-32-33-34-35-36-37-38-39-40-41-42-43-46-48-51-54-57-60-63-69(72)75-66-67(65-74-68(71)62-59-56-53-50-47-44-24-21-18-15-12-9-6-3)76-70(73)64-61-58-55-52-49-45-26-23-20-17-14-11-8-5-2/h7,9-10,12,14,16-19,21,23,25-27,29-30,32-33,44,47,53,56,67H,4-6,8,11,13,15,20,22,24,28,31,34-43,45-46,48-52,54-55,57-66H2,1-3H3/b10-7-,12-9-,17-14-,19-16-,21-18-,26-23-,27-25-,30-29-,33-32-,47-44-,56-53-.